The minimum atomic E-state index is -0.496. The Hall–Kier alpha value is -1.84. The zero-order valence-corrected chi connectivity index (χ0v) is 7.88. The highest BCUT2D eigenvalue weighted by Crippen LogP contribution is 2.17. The van der Waals surface area contributed by atoms with E-state index < -0.39 is 5.76 Å². The molecule has 4 heteroatoms. The maximum atomic E-state index is 11.1. The van der Waals surface area contributed by atoms with E-state index in [1.807, 2.05) is 6.92 Å². The van der Waals surface area contributed by atoms with Gasteiger partial charge in [0.15, 0.2) is 11.4 Å². The molecule has 0 aliphatic heterocycles. The average Bonchev–Trinajstić information content (AvgIpc) is 2.45. The van der Waals surface area contributed by atoms with E-state index in [0.29, 0.717) is 16.7 Å². The Bertz CT molecular complexity index is 562. The SMILES string of the molecule is CC(=O)c1cc(C)c2[nH]c(=O)oc2c1. The number of aryl methyl sites for hydroxylation is 1. The van der Waals surface area contributed by atoms with Crippen LogP contribution in [-0.4, -0.2) is 10.8 Å². The molecule has 0 saturated carbocycles. The van der Waals surface area contributed by atoms with Gasteiger partial charge in [0.1, 0.15) is 0 Å². The summed E-state index contributed by atoms with van der Waals surface area (Å²) >= 11 is 0. The van der Waals surface area contributed by atoms with E-state index >= 15 is 0 Å². The monoisotopic (exact) mass is 191 g/mol. The second-order valence-electron chi connectivity index (χ2n) is 3.24. The fraction of sp³-hybridized carbons (Fsp3) is 0.200. The number of carbonyl (C=O) groups excluding carboxylic acids is 1. The lowest BCUT2D eigenvalue weighted by Crippen LogP contribution is -1.94. The number of oxazole rings is 1. The number of hydrogen-bond acceptors (Lipinski definition) is 3. The van der Waals surface area contributed by atoms with Crippen LogP contribution in [0.15, 0.2) is 21.3 Å². The fourth-order valence-electron chi connectivity index (χ4n) is 1.43. The van der Waals surface area contributed by atoms with Crippen LogP contribution in [-0.2, 0) is 0 Å². The molecule has 0 unspecified atom stereocenters. The molecule has 0 saturated heterocycles. The minimum absolute atomic E-state index is 0.0427. The number of aromatic amines is 1. The lowest BCUT2D eigenvalue weighted by atomic mass is 10.1. The van der Waals surface area contributed by atoms with E-state index in [4.69, 9.17) is 4.42 Å². The van der Waals surface area contributed by atoms with Gasteiger partial charge < -0.3 is 4.42 Å². The molecule has 0 aliphatic carbocycles. The van der Waals surface area contributed by atoms with Crippen molar-refractivity contribution >= 4 is 16.9 Å². The first-order valence-corrected chi connectivity index (χ1v) is 4.22. The molecular formula is C10H9NO3. The lowest BCUT2D eigenvalue weighted by Gasteiger charge is -1.97. The number of rotatable bonds is 1. The molecule has 1 N–H and O–H groups in total. The van der Waals surface area contributed by atoms with Crippen LogP contribution in [0.2, 0.25) is 0 Å². The van der Waals surface area contributed by atoms with Crippen molar-refractivity contribution in [1.82, 2.24) is 4.98 Å². The molecule has 1 heterocycles. The maximum absolute atomic E-state index is 11.1. The summed E-state index contributed by atoms with van der Waals surface area (Å²) in [5.74, 6) is -0.539. The van der Waals surface area contributed by atoms with Crippen LogP contribution in [0.5, 0.6) is 0 Å². The van der Waals surface area contributed by atoms with Gasteiger partial charge in [0.25, 0.3) is 0 Å². The number of fused-ring (bicyclic) bond motifs is 1. The number of nitrogens with one attached hydrogen (secondary N) is 1. The molecule has 2 rings (SSSR count). The highest BCUT2D eigenvalue weighted by Gasteiger charge is 2.08. The van der Waals surface area contributed by atoms with Gasteiger partial charge >= 0.3 is 5.76 Å². The molecule has 0 spiro atoms. The van der Waals surface area contributed by atoms with Crippen LogP contribution >= 0.6 is 0 Å². The first-order chi connectivity index (χ1) is 6.58. The largest absolute Gasteiger partial charge is 0.417 e. The number of benzene rings is 1. The molecular weight excluding hydrogens is 182 g/mol. The van der Waals surface area contributed by atoms with E-state index in [1.165, 1.54) is 6.92 Å². The molecule has 2 aromatic rings. The number of carbonyl (C=O) groups is 1. The minimum Gasteiger partial charge on any atom is -0.408 e. The van der Waals surface area contributed by atoms with Gasteiger partial charge in [0, 0.05) is 5.56 Å². The van der Waals surface area contributed by atoms with Crippen molar-refractivity contribution in [2.45, 2.75) is 13.8 Å². The second-order valence-corrected chi connectivity index (χ2v) is 3.24. The first kappa shape index (κ1) is 8.74. The van der Waals surface area contributed by atoms with Gasteiger partial charge in [-0.05, 0) is 31.5 Å². The summed E-state index contributed by atoms with van der Waals surface area (Å²) in [5, 5.41) is 0. The zero-order chi connectivity index (χ0) is 10.3. The molecule has 0 amide bonds. The van der Waals surface area contributed by atoms with Crippen molar-refractivity contribution in [2.75, 3.05) is 0 Å². The van der Waals surface area contributed by atoms with Crippen LogP contribution in [0, 0.1) is 6.92 Å². The first-order valence-electron chi connectivity index (χ1n) is 4.22. The Balaban J connectivity index is 2.84. The number of ketones is 1. The van der Waals surface area contributed by atoms with E-state index in [0.717, 1.165) is 5.56 Å². The van der Waals surface area contributed by atoms with E-state index in [-0.39, 0.29) is 5.78 Å². The Kier molecular flexibility index (Phi) is 1.77. The van der Waals surface area contributed by atoms with Crippen molar-refractivity contribution < 1.29 is 9.21 Å². The third-order valence-corrected chi connectivity index (χ3v) is 2.14. The maximum Gasteiger partial charge on any atom is 0.417 e. The average molecular weight is 191 g/mol. The summed E-state index contributed by atoms with van der Waals surface area (Å²) < 4.78 is 4.88. The van der Waals surface area contributed by atoms with Crippen LogP contribution in [0.3, 0.4) is 0 Å². The quantitative estimate of drug-likeness (QED) is 0.697. The van der Waals surface area contributed by atoms with Crippen LogP contribution in [0.25, 0.3) is 11.1 Å². The smallest absolute Gasteiger partial charge is 0.408 e. The van der Waals surface area contributed by atoms with E-state index in [2.05, 4.69) is 4.98 Å². The number of H-pyrrole nitrogens is 1. The van der Waals surface area contributed by atoms with Gasteiger partial charge in [-0.3, -0.25) is 9.78 Å². The van der Waals surface area contributed by atoms with Crippen LogP contribution < -0.4 is 5.76 Å². The third-order valence-electron chi connectivity index (χ3n) is 2.14. The summed E-state index contributed by atoms with van der Waals surface area (Å²) in [7, 11) is 0. The van der Waals surface area contributed by atoms with Gasteiger partial charge in [0.05, 0.1) is 5.52 Å². The molecule has 0 atom stereocenters. The Labute approximate surface area is 79.5 Å². The Morgan fingerprint density at radius 1 is 1.43 bits per heavy atom. The molecule has 0 aliphatic rings. The third kappa shape index (κ3) is 1.25. The van der Waals surface area contributed by atoms with E-state index in [9.17, 15) is 9.59 Å². The Morgan fingerprint density at radius 2 is 2.14 bits per heavy atom. The predicted molar refractivity (Wildman–Crippen MR) is 51.6 cm³/mol. The van der Waals surface area contributed by atoms with Crippen LogP contribution in [0.4, 0.5) is 0 Å². The molecule has 0 fully saturated rings. The summed E-state index contributed by atoms with van der Waals surface area (Å²) in [5.41, 5.74) is 2.47. The Morgan fingerprint density at radius 3 is 2.79 bits per heavy atom. The highest BCUT2D eigenvalue weighted by atomic mass is 16.4. The molecule has 1 aromatic carbocycles. The predicted octanol–water partition coefficient (Wildman–Crippen LogP) is 1.63. The highest BCUT2D eigenvalue weighted by molar-refractivity contribution is 5.97. The van der Waals surface area contributed by atoms with Crippen molar-refractivity contribution in [2.24, 2.45) is 0 Å². The summed E-state index contributed by atoms with van der Waals surface area (Å²) in [4.78, 5) is 24.6. The number of aromatic nitrogens is 1. The molecule has 72 valence electrons. The summed E-state index contributed by atoms with van der Waals surface area (Å²) in [6.07, 6.45) is 0. The fourth-order valence-corrected chi connectivity index (χ4v) is 1.43. The van der Waals surface area contributed by atoms with Crippen molar-refractivity contribution in [1.29, 1.82) is 0 Å². The van der Waals surface area contributed by atoms with Crippen molar-refractivity contribution in [3.63, 3.8) is 0 Å². The van der Waals surface area contributed by atoms with Crippen molar-refractivity contribution in [3.8, 4) is 0 Å². The number of Topliss-reactive ketones (excluding diaryl/α,β-unsaturated/α-hetero) is 1. The molecule has 0 bridgehead atoms. The molecule has 14 heavy (non-hydrogen) atoms. The van der Waals surface area contributed by atoms with Gasteiger partial charge in [0.2, 0.25) is 0 Å². The van der Waals surface area contributed by atoms with Gasteiger partial charge in [-0.2, -0.15) is 0 Å². The van der Waals surface area contributed by atoms with Crippen LogP contribution in [0.1, 0.15) is 22.8 Å². The van der Waals surface area contributed by atoms with Gasteiger partial charge in [-0.25, -0.2) is 4.79 Å². The van der Waals surface area contributed by atoms with Crippen molar-refractivity contribution in [3.05, 3.63) is 33.8 Å². The molecule has 1 aromatic heterocycles. The zero-order valence-electron chi connectivity index (χ0n) is 7.88. The number of hydrogen-bond donors (Lipinski definition) is 1. The summed E-state index contributed by atoms with van der Waals surface area (Å²) in [6, 6.07) is 3.30. The molecule has 0 radical (unpaired) electrons. The van der Waals surface area contributed by atoms with E-state index in [1.54, 1.807) is 12.1 Å². The topological polar surface area (TPSA) is 63.1 Å². The lowest BCUT2D eigenvalue weighted by molar-refractivity contribution is 0.101. The van der Waals surface area contributed by atoms with Gasteiger partial charge in [-0.15, -0.1) is 0 Å². The summed E-state index contributed by atoms with van der Waals surface area (Å²) in [6.45, 7) is 3.30. The second kappa shape index (κ2) is 2.83. The standard InChI is InChI=1S/C10H9NO3/c1-5-3-7(6(2)12)4-8-9(5)11-10(13)14-8/h3-4H,1-2H3,(H,11,13). The normalized spacial score (nSPS) is 10.7. The van der Waals surface area contributed by atoms with Gasteiger partial charge in [-0.1, -0.05) is 0 Å². The molecule has 4 nitrogen and oxygen atoms in total.